The van der Waals surface area contributed by atoms with Crippen LogP contribution in [0.4, 0.5) is 11.5 Å². The summed E-state index contributed by atoms with van der Waals surface area (Å²) in [5, 5.41) is 13.8. The zero-order valence-corrected chi connectivity index (χ0v) is 12.1. The maximum atomic E-state index is 11.1. The van der Waals surface area contributed by atoms with Crippen LogP contribution in [0.3, 0.4) is 0 Å². The monoisotopic (exact) mass is 300 g/mol. The second-order valence-corrected chi connectivity index (χ2v) is 4.85. The van der Waals surface area contributed by atoms with Crippen LogP contribution < -0.4 is 11.1 Å². The standard InChI is InChI=1S/C15H16N4O3/c1-10-7-14(18-9-13(10)19(21)22)17-6-5-11-3-2-4-12(8-11)15(16)20/h2-4,7-9H,5-6H2,1H3,(H2,16,20)(H,17,18). The van der Waals surface area contributed by atoms with E-state index in [-0.39, 0.29) is 5.69 Å². The highest BCUT2D eigenvalue weighted by Gasteiger charge is 2.11. The molecule has 7 heteroatoms. The highest BCUT2D eigenvalue weighted by molar-refractivity contribution is 5.92. The van der Waals surface area contributed by atoms with E-state index in [0.29, 0.717) is 29.9 Å². The number of pyridine rings is 1. The minimum absolute atomic E-state index is 0.000269. The van der Waals surface area contributed by atoms with Crippen molar-refractivity contribution < 1.29 is 9.72 Å². The topological polar surface area (TPSA) is 111 Å². The normalized spacial score (nSPS) is 10.2. The van der Waals surface area contributed by atoms with Gasteiger partial charge in [-0.2, -0.15) is 0 Å². The van der Waals surface area contributed by atoms with Gasteiger partial charge in [0, 0.05) is 17.7 Å². The first-order valence-electron chi connectivity index (χ1n) is 6.71. The van der Waals surface area contributed by atoms with E-state index < -0.39 is 10.8 Å². The van der Waals surface area contributed by atoms with Crippen LogP contribution in [0.15, 0.2) is 36.5 Å². The molecule has 0 aliphatic heterocycles. The molecule has 2 rings (SSSR count). The number of carbonyl (C=O) groups is 1. The average Bonchev–Trinajstić information content (AvgIpc) is 2.47. The number of nitrogens with one attached hydrogen (secondary N) is 1. The maximum absolute atomic E-state index is 11.1. The number of nitro groups is 1. The molecule has 0 saturated carbocycles. The number of benzene rings is 1. The number of anilines is 1. The predicted octanol–water partition coefficient (Wildman–Crippen LogP) is 2.05. The average molecular weight is 300 g/mol. The van der Waals surface area contributed by atoms with Gasteiger partial charge < -0.3 is 11.1 Å². The molecular formula is C15H16N4O3. The lowest BCUT2D eigenvalue weighted by molar-refractivity contribution is -0.385. The third-order valence-corrected chi connectivity index (χ3v) is 3.21. The molecule has 0 atom stereocenters. The molecule has 7 nitrogen and oxygen atoms in total. The van der Waals surface area contributed by atoms with E-state index >= 15 is 0 Å². The van der Waals surface area contributed by atoms with Gasteiger partial charge in [-0.25, -0.2) is 4.98 Å². The molecule has 0 bridgehead atoms. The molecular weight excluding hydrogens is 284 g/mol. The summed E-state index contributed by atoms with van der Waals surface area (Å²) in [6.07, 6.45) is 1.92. The lowest BCUT2D eigenvalue weighted by Gasteiger charge is -2.07. The molecule has 0 spiro atoms. The Bertz CT molecular complexity index is 716. The van der Waals surface area contributed by atoms with Crippen molar-refractivity contribution in [3.05, 3.63) is 63.3 Å². The summed E-state index contributed by atoms with van der Waals surface area (Å²) in [7, 11) is 0. The van der Waals surface area contributed by atoms with Gasteiger partial charge in [0.1, 0.15) is 12.0 Å². The van der Waals surface area contributed by atoms with E-state index in [9.17, 15) is 14.9 Å². The maximum Gasteiger partial charge on any atom is 0.290 e. The van der Waals surface area contributed by atoms with Crippen LogP contribution in [0.25, 0.3) is 0 Å². The number of amides is 1. The fourth-order valence-electron chi connectivity index (χ4n) is 2.05. The zero-order valence-electron chi connectivity index (χ0n) is 12.1. The van der Waals surface area contributed by atoms with E-state index in [1.807, 2.05) is 6.07 Å². The van der Waals surface area contributed by atoms with Gasteiger partial charge in [-0.15, -0.1) is 0 Å². The van der Waals surface area contributed by atoms with Gasteiger partial charge in [0.05, 0.1) is 4.92 Å². The van der Waals surface area contributed by atoms with Crippen molar-refractivity contribution in [2.24, 2.45) is 5.73 Å². The second kappa shape index (κ2) is 6.66. The van der Waals surface area contributed by atoms with Gasteiger partial charge in [-0.3, -0.25) is 14.9 Å². The lowest BCUT2D eigenvalue weighted by Crippen LogP contribution is -2.12. The van der Waals surface area contributed by atoms with Gasteiger partial charge in [0.2, 0.25) is 5.91 Å². The van der Waals surface area contributed by atoms with Crippen molar-refractivity contribution in [3.8, 4) is 0 Å². The third kappa shape index (κ3) is 3.78. The molecule has 0 aliphatic rings. The molecule has 0 aliphatic carbocycles. The number of nitrogens with two attached hydrogens (primary N) is 1. The Balaban J connectivity index is 1.96. The van der Waals surface area contributed by atoms with Crippen molar-refractivity contribution >= 4 is 17.4 Å². The highest BCUT2D eigenvalue weighted by Crippen LogP contribution is 2.18. The molecule has 1 amide bonds. The molecule has 2 aromatic rings. The molecule has 1 heterocycles. The van der Waals surface area contributed by atoms with Gasteiger partial charge in [0.15, 0.2) is 0 Å². The molecule has 0 saturated heterocycles. The zero-order chi connectivity index (χ0) is 16.1. The number of rotatable bonds is 6. The Morgan fingerprint density at radius 1 is 1.41 bits per heavy atom. The van der Waals surface area contributed by atoms with Crippen molar-refractivity contribution in [3.63, 3.8) is 0 Å². The number of nitrogens with zero attached hydrogens (tertiary/aromatic N) is 2. The van der Waals surface area contributed by atoms with Crippen LogP contribution in [-0.2, 0) is 6.42 Å². The van der Waals surface area contributed by atoms with Crippen molar-refractivity contribution in [2.75, 3.05) is 11.9 Å². The molecule has 0 unspecified atom stereocenters. The van der Waals surface area contributed by atoms with Gasteiger partial charge in [-0.1, -0.05) is 12.1 Å². The van der Waals surface area contributed by atoms with Crippen LogP contribution in [0.2, 0.25) is 0 Å². The summed E-state index contributed by atoms with van der Waals surface area (Å²) in [6.45, 7) is 2.26. The first kappa shape index (κ1) is 15.4. The summed E-state index contributed by atoms with van der Waals surface area (Å²) in [6, 6.07) is 8.74. The quantitative estimate of drug-likeness (QED) is 0.626. The molecule has 22 heavy (non-hydrogen) atoms. The molecule has 114 valence electrons. The highest BCUT2D eigenvalue weighted by atomic mass is 16.6. The Morgan fingerprint density at radius 2 is 2.18 bits per heavy atom. The van der Waals surface area contributed by atoms with E-state index in [1.54, 1.807) is 31.2 Å². The van der Waals surface area contributed by atoms with Gasteiger partial charge in [0.25, 0.3) is 5.69 Å². The molecule has 0 fully saturated rings. The van der Waals surface area contributed by atoms with Crippen molar-refractivity contribution in [1.29, 1.82) is 0 Å². The lowest BCUT2D eigenvalue weighted by atomic mass is 10.1. The number of carbonyl (C=O) groups excluding carboxylic acids is 1. The summed E-state index contributed by atoms with van der Waals surface area (Å²) in [5.41, 5.74) is 7.24. The molecule has 1 aromatic carbocycles. The third-order valence-electron chi connectivity index (χ3n) is 3.21. The largest absolute Gasteiger partial charge is 0.370 e. The summed E-state index contributed by atoms with van der Waals surface area (Å²) in [4.78, 5) is 25.4. The smallest absolute Gasteiger partial charge is 0.290 e. The van der Waals surface area contributed by atoms with E-state index in [4.69, 9.17) is 5.73 Å². The summed E-state index contributed by atoms with van der Waals surface area (Å²) >= 11 is 0. The SMILES string of the molecule is Cc1cc(NCCc2cccc(C(N)=O)c2)ncc1[N+](=O)[O-]. The van der Waals surface area contributed by atoms with E-state index in [0.717, 1.165) is 5.56 Å². The Labute approximate surface area is 127 Å². The Morgan fingerprint density at radius 3 is 2.82 bits per heavy atom. The minimum atomic E-state index is -0.457. The Kier molecular flexibility index (Phi) is 4.67. The number of primary amides is 1. The van der Waals surface area contributed by atoms with Gasteiger partial charge >= 0.3 is 0 Å². The number of aromatic nitrogens is 1. The molecule has 1 aromatic heterocycles. The molecule has 0 radical (unpaired) electrons. The minimum Gasteiger partial charge on any atom is -0.370 e. The van der Waals surface area contributed by atoms with Crippen LogP contribution in [0, 0.1) is 17.0 Å². The molecule has 3 N–H and O–H groups in total. The summed E-state index contributed by atoms with van der Waals surface area (Å²) in [5.74, 6) is 0.122. The first-order chi connectivity index (χ1) is 10.5. The van der Waals surface area contributed by atoms with E-state index in [1.165, 1.54) is 6.20 Å². The fraction of sp³-hybridized carbons (Fsp3) is 0.200. The van der Waals surface area contributed by atoms with Crippen LogP contribution in [-0.4, -0.2) is 22.4 Å². The fourth-order valence-corrected chi connectivity index (χ4v) is 2.05. The second-order valence-electron chi connectivity index (χ2n) is 4.85. The van der Waals surface area contributed by atoms with Crippen molar-refractivity contribution in [1.82, 2.24) is 4.98 Å². The summed E-state index contributed by atoms with van der Waals surface area (Å²) < 4.78 is 0. The van der Waals surface area contributed by atoms with Crippen LogP contribution >= 0.6 is 0 Å². The first-order valence-corrected chi connectivity index (χ1v) is 6.71. The number of hydrogen-bond acceptors (Lipinski definition) is 5. The van der Waals surface area contributed by atoms with E-state index in [2.05, 4.69) is 10.3 Å². The van der Waals surface area contributed by atoms with Gasteiger partial charge in [-0.05, 0) is 37.1 Å². The van der Waals surface area contributed by atoms with Crippen LogP contribution in [0.1, 0.15) is 21.5 Å². The Hall–Kier alpha value is -2.96. The predicted molar refractivity (Wildman–Crippen MR) is 82.8 cm³/mol. The van der Waals surface area contributed by atoms with Crippen molar-refractivity contribution in [2.45, 2.75) is 13.3 Å². The number of hydrogen-bond donors (Lipinski definition) is 2. The van der Waals surface area contributed by atoms with Crippen LogP contribution in [0.5, 0.6) is 0 Å². The number of aryl methyl sites for hydroxylation is 1.